The molecule has 15 heavy (non-hydrogen) atoms. The molecule has 0 amide bonds. The quantitative estimate of drug-likeness (QED) is 0.810. The SMILES string of the molecule is Cc1n[nH]c(C)c1CN(C)C1CNC1.Cl. The monoisotopic (exact) mass is 230 g/mol. The van der Waals surface area contributed by atoms with Crippen LogP contribution >= 0.6 is 12.4 Å². The van der Waals surface area contributed by atoms with E-state index in [1.807, 2.05) is 0 Å². The van der Waals surface area contributed by atoms with Gasteiger partial charge in [0.05, 0.1) is 5.69 Å². The number of rotatable bonds is 3. The molecule has 0 bridgehead atoms. The van der Waals surface area contributed by atoms with Crippen molar-refractivity contribution in [3.05, 3.63) is 17.0 Å². The number of hydrogen-bond acceptors (Lipinski definition) is 3. The molecule has 2 heterocycles. The first-order chi connectivity index (χ1) is 6.68. The summed E-state index contributed by atoms with van der Waals surface area (Å²) in [7, 11) is 2.18. The molecular weight excluding hydrogens is 212 g/mol. The highest BCUT2D eigenvalue weighted by Crippen LogP contribution is 2.14. The van der Waals surface area contributed by atoms with Gasteiger partial charge in [-0.15, -0.1) is 12.4 Å². The van der Waals surface area contributed by atoms with Gasteiger partial charge in [0.1, 0.15) is 0 Å². The van der Waals surface area contributed by atoms with Crippen molar-refractivity contribution in [2.24, 2.45) is 0 Å². The largest absolute Gasteiger partial charge is 0.314 e. The number of aryl methyl sites for hydroxylation is 2. The molecule has 1 aliphatic heterocycles. The summed E-state index contributed by atoms with van der Waals surface area (Å²) < 4.78 is 0. The number of nitrogens with zero attached hydrogens (tertiary/aromatic N) is 2. The number of aromatic nitrogens is 2. The second-order valence-electron chi connectivity index (χ2n) is 4.14. The third-order valence-electron chi connectivity index (χ3n) is 3.07. The van der Waals surface area contributed by atoms with Gasteiger partial charge >= 0.3 is 0 Å². The molecule has 0 aromatic carbocycles. The van der Waals surface area contributed by atoms with Crippen LogP contribution in [0, 0.1) is 13.8 Å². The van der Waals surface area contributed by atoms with E-state index in [4.69, 9.17) is 0 Å². The molecule has 1 aromatic rings. The van der Waals surface area contributed by atoms with Crippen molar-refractivity contribution in [3.8, 4) is 0 Å². The number of H-pyrrole nitrogens is 1. The van der Waals surface area contributed by atoms with Gasteiger partial charge in [0, 0.05) is 36.9 Å². The third-order valence-corrected chi connectivity index (χ3v) is 3.07. The van der Waals surface area contributed by atoms with Crippen LogP contribution in [0.25, 0.3) is 0 Å². The van der Waals surface area contributed by atoms with E-state index < -0.39 is 0 Å². The van der Waals surface area contributed by atoms with Crippen molar-refractivity contribution >= 4 is 12.4 Å². The van der Waals surface area contributed by atoms with Crippen LogP contribution in [0.4, 0.5) is 0 Å². The molecule has 2 N–H and O–H groups in total. The van der Waals surface area contributed by atoms with Crippen LogP contribution in [-0.4, -0.2) is 41.3 Å². The minimum Gasteiger partial charge on any atom is -0.314 e. The van der Waals surface area contributed by atoms with Crippen LogP contribution in [0.1, 0.15) is 17.0 Å². The predicted octanol–water partition coefficient (Wildman–Crippen LogP) is 0.852. The number of nitrogens with one attached hydrogen (secondary N) is 2. The van der Waals surface area contributed by atoms with E-state index in [1.54, 1.807) is 0 Å². The summed E-state index contributed by atoms with van der Waals surface area (Å²) in [6.45, 7) is 7.38. The average Bonchev–Trinajstić information content (AvgIpc) is 2.32. The first-order valence-corrected chi connectivity index (χ1v) is 5.10. The van der Waals surface area contributed by atoms with Crippen molar-refractivity contribution in [2.75, 3.05) is 20.1 Å². The van der Waals surface area contributed by atoms with Crippen LogP contribution in [0.15, 0.2) is 0 Å². The lowest BCUT2D eigenvalue weighted by Crippen LogP contribution is -2.55. The maximum absolute atomic E-state index is 4.21. The lowest BCUT2D eigenvalue weighted by molar-refractivity contribution is 0.172. The van der Waals surface area contributed by atoms with Gasteiger partial charge in [-0.25, -0.2) is 0 Å². The Morgan fingerprint density at radius 3 is 2.47 bits per heavy atom. The zero-order valence-corrected chi connectivity index (χ0v) is 10.3. The normalized spacial score (nSPS) is 16.3. The molecule has 2 rings (SSSR count). The molecule has 0 unspecified atom stereocenters. The zero-order chi connectivity index (χ0) is 10.1. The van der Waals surface area contributed by atoms with Crippen molar-refractivity contribution < 1.29 is 0 Å². The maximum atomic E-state index is 4.21. The third kappa shape index (κ3) is 2.51. The summed E-state index contributed by atoms with van der Waals surface area (Å²) in [4.78, 5) is 2.39. The second kappa shape index (κ2) is 4.96. The molecule has 4 nitrogen and oxygen atoms in total. The van der Waals surface area contributed by atoms with Gasteiger partial charge in [-0.05, 0) is 20.9 Å². The van der Waals surface area contributed by atoms with Crippen molar-refractivity contribution in [3.63, 3.8) is 0 Å². The molecule has 86 valence electrons. The molecule has 0 radical (unpaired) electrons. The summed E-state index contributed by atoms with van der Waals surface area (Å²) in [6, 6.07) is 0.698. The van der Waals surface area contributed by atoms with E-state index >= 15 is 0 Å². The van der Waals surface area contributed by atoms with Crippen LogP contribution in [-0.2, 0) is 6.54 Å². The van der Waals surface area contributed by atoms with Crippen LogP contribution < -0.4 is 5.32 Å². The molecule has 0 spiro atoms. The molecular formula is C10H19ClN4. The summed E-state index contributed by atoms with van der Waals surface area (Å²) in [5.74, 6) is 0. The lowest BCUT2D eigenvalue weighted by atomic mass is 10.1. The highest BCUT2D eigenvalue weighted by Gasteiger charge is 2.22. The van der Waals surface area contributed by atoms with Gasteiger partial charge in [-0.3, -0.25) is 10.00 Å². The van der Waals surface area contributed by atoms with Gasteiger partial charge in [0.15, 0.2) is 0 Å². The molecule has 0 aliphatic carbocycles. The molecule has 1 saturated heterocycles. The Morgan fingerprint density at radius 1 is 1.40 bits per heavy atom. The van der Waals surface area contributed by atoms with Gasteiger partial charge in [0.2, 0.25) is 0 Å². The van der Waals surface area contributed by atoms with Crippen molar-refractivity contribution in [2.45, 2.75) is 26.4 Å². The molecule has 5 heteroatoms. The molecule has 1 aromatic heterocycles. The summed E-state index contributed by atoms with van der Waals surface area (Å²) in [5.41, 5.74) is 3.67. The Balaban J connectivity index is 0.00000112. The summed E-state index contributed by atoms with van der Waals surface area (Å²) in [5, 5.41) is 10.5. The number of hydrogen-bond donors (Lipinski definition) is 2. The molecule has 1 fully saturated rings. The Hall–Kier alpha value is -0.580. The Kier molecular flexibility index (Phi) is 4.13. The minimum atomic E-state index is 0. The van der Waals surface area contributed by atoms with E-state index in [1.165, 1.54) is 11.3 Å². The van der Waals surface area contributed by atoms with Crippen molar-refractivity contribution in [1.82, 2.24) is 20.4 Å². The van der Waals surface area contributed by atoms with Gasteiger partial charge < -0.3 is 5.32 Å². The van der Waals surface area contributed by atoms with E-state index in [9.17, 15) is 0 Å². The van der Waals surface area contributed by atoms with Crippen LogP contribution in [0.2, 0.25) is 0 Å². The van der Waals surface area contributed by atoms with Gasteiger partial charge in [-0.1, -0.05) is 0 Å². The van der Waals surface area contributed by atoms with Crippen LogP contribution in [0.5, 0.6) is 0 Å². The minimum absolute atomic E-state index is 0. The molecule has 0 atom stereocenters. The smallest absolute Gasteiger partial charge is 0.0639 e. The average molecular weight is 231 g/mol. The number of aromatic amines is 1. The highest BCUT2D eigenvalue weighted by atomic mass is 35.5. The number of halogens is 1. The first kappa shape index (κ1) is 12.5. The van der Waals surface area contributed by atoms with E-state index in [2.05, 4.69) is 41.3 Å². The fourth-order valence-corrected chi connectivity index (χ4v) is 1.77. The van der Waals surface area contributed by atoms with Gasteiger partial charge in [-0.2, -0.15) is 5.10 Å². The predicted molar refractivity (Wildman–Crippen MR) is 63.4 cm³/mol. The summed E-state index contributed by atoms with van der Waals surface area (Å²) >= 11 is 0. The topological polar surface area (TPSA) is 44.0 Å². The first-order valence-electron chi connectivity index (χ1n) is 5.10. The molecule has 0 saturated carbocycles. The highest BCUT2D eigenvalue weighted by molar-refractivity contribution is 5.85. The van der Waals surface area contributed by atoms with E-state index in [0.29, 0.717) is 6.04 Å². The lowest BCUT2D eigenvalue weighted by Gasteiger charge is -2.35. The van der Waals surface area contributed by atoms with Gasteiger partial charge in [0.25, 0.3) is 0 Å². The molecule has 1 aliphatic rings. The second-order valence-corrected chi connectivity index (χ2v) is 4.14. The fraction of sp³-hybridized carbons (Fsp3) is 0.700. The Morgan fingerprint density at radius 2 is 2.07 bits per heavy atom. The maximum Gasteiger partial charge on any atom is 0.0639 e. The number of likely N-dealkylation sites (N-methyl/N-ethyl adjacent to an activating group) is 1. The Bertz CT molecular complexity index is 300. The standard InChI is InChI=1S/C10H18N4.ClH/c1-7-10(8(2)13-12-7)6-14(3)9-4-11-5-9;/h9,11H,4-6H2,1-3H3,(H,12,13);1H. The zero-order valence-electron chi connectivity index (χ0n) is 9.50. The van der Waals surface area contributed by atoms with Crippen molar-refractivity contribution in [1.29, 1.82) is 0 Å². The van der Waals surface area contributed by atoms with E-state index in [-0.39, 0.29) is 12.4 Å². The Labute approximate surface area is 96.8 Å². The fourth-order valence-electron chi connectivity index (χ4n) is 1.77. The summed E-state index contributed by atoms with van der Waals surface area (Å²) in [6.07, 6.45) is 0. The van der Waals surface area contributed by atoms with E-state index in [0.717, 1.165) is 25.3 Å². The van der Waals surface area contributed by atoms with Crippen LogP contribution in [0.3, 0.4) is 0 Å².